The van der Waals surface area contributed by atoms with E-state index in [2.05, 4.69) is 5.32 Å². The fraction of sp³-hybridized carbons (Fsp3) is 0.111. The second-order valence-corrected chi connectivity index (χ2v) is 3.16. The van der Waals surface area contributed by atoms with Gasteiger partial charge in [-0.25, -0.2) is 4.79 Å². The van der Waals surface area contributed by atoms with Gasteiger partial charge in [0.25, 0.3) is 0 Å². The number of hydrogen-bond acceptors (Lipinski definition) is 2. The number of amides is 2. The number of amidine groups is 1. The van der Waals surface area contributed by atoms with Gasteiger partial charge in [-0.2, -0.15) is 13.2 Å². The third kappa shape index (κ3) is 3.10. The van der Waals surface area contributed by atoms with Crippen molar-refractivity contribution in [3.05, 3.63) is 29.3 Å². The average molecular weight is 246 g/mol. The van der Waals surface area contributed by atoms with Gasteiger partial charge in [0.1, 0.15) is 5.84 Å². The lowest BCUT2D eigenvalue weighted by Gasteiger charge is -2.12. The quantitative estimate of drug-likeness (QED) is 0.468. The SMILES string of the molecule is N=C(N)c1cc(C(F)(F)F)ccc1NC(N)=O. The summed E-state index contributed by atoms with van der Waals surface area (Å²) < 4.78 is 37.2. The van der Waals surface area contributed by atoms with Crippen LogP contribution in [0.5, 0.6) is 0 Å². The summed E-state index contributed by atoms with van der Waals surface area (Å²) in [5.41, 5.74) is 8.72. The molecular weight excluding hydrogens is 237 g/mol. The molecule has 0 aromatic heterocycles. The van der Waals surface area contributed by atoms with E-state index < -0.39 is 23.6 Å². The molecule has 0 aliphatic rings. The highest BCUT2D eigenvalue weighted by Crippen LogP contribution is 2.31. The Morgan fingerprint density at radius 2 is 1.88 bits per heavy atom. The topological polar surface area (TPSA) is 105 Å². The maximum absolute atomic E-state index is 12.4. The molecule has 0 spiro atoms. The van der Waals surface area contributed by atoms with Crippen molar-refractivity contribution >= 4 is 17.6 Å². The van der Waals surface area contributed by atoms with Crippen molar-refractivity contribution in [2.45, 2.75) is 6.18 Å². The standard InChI is InChI=1S/C9H9F3N4O/c10-9(11,12)4-1-2-6(16-8(15)17)5(3-4)7(13)14/h1-3H,(H3,13,14)(H3,15,16,17). The van der Waals surface area contributed by atoms with Gasteiger partial charge < -0.3 is 16.8 Å². The Morgan fingerprint density at radius 1 is 1.29 bits per heavy atom. The number of hydrogen-bond donors (Lipinski definition) is 4. The van der Waals surface area contributed by atoms with E-state index in [1.807, 2.05) is 0 Å². The molecule has 0 atom stereocenters. The van der Waals surface area contributed by atoms with Crippen LogP contribution in [0.3, 0.4) is 0 Å². The number of carbonyl (C=O) groups excluding carboxylic acids is 1. The number of halogens is 3. The van der Waals surface area contributed by atoms with Crippen molar-refractivity contribution in [1.29, 1.82) is 5.41 Å². The first kappa shape index (κ1) is 12.8. The summed E-state index contributed by atoms with van der Waals surface area (Å²) in [6.07, 6.45) is -4.55. The molecular formula is C9H9F3N4O. The van der Waals surface area contributed by atoms with E-state index in [-0.39, 0.29) is 11.3 Å². The third-order valence-electron chi connectivity index (χ3n) is 1.89. The third-order valence-corrected chi connectivity index (χ3v) is 1.89. The van der Waals surface area contributed by atoms with E-state index in [9.17, 15) is 18.0 Å². The monoisotopic (exact) mass is 246 g/mol. The molecule has 0 radical (unpaired) electrons. The highest BCUT2D eigenvalue weighted by atomic mass is 19.4. The van der Waals surface area contributed by atoms with E-state index in [4.69, 9.17) is 16.9 Å². The second kappa shape index (κ2) is 4.32. The molecule has 1 rings (SSSR count). The molecule has 92 valence electrons. The van der Waals surface area contributed by atoms with Crippen LogP contribution in [-0.4, -0.2) is 11.9 Å². The summed E-state index contributed by atoms with van der Waals surface area (Å²) in [6, 6.07) is 1.47. The summed E-state index contributed by atoms with van der Waals surface area (Å²) in [5.74, 6) is -0.597. The van der Waals surface area contributed by atoms with Crippen molar-refractivity contribution in [3.63, 3.8) is 0 Å². The van der Waals surface area contributed by atoms with Crippen molar-refractivity contribution in [3.8, 4) is 0 Å². The number of rotatable bonds is 2. The van der Waals surface area contributed by atoms with Crippen LogP contribution in [0.4, 0.5) is 23.7 Å². The maximum atomic E-state index is 12.4. The zero-order valence-corrected chi connectivity index (χ0v) is 8.43. The molecule has 0 aliphatic carbocycles. The zero-order valence-electron chi connectivity index (χ0n) is 8.43. The van der Waals surface area contributed by atoms with Gasteiger partial charge in [-0.05, 0) is 18.2 Å². The number of anilines is 1. The Hall–Kier alpha value is -2.25. The van der Waals surface area contributed by atoms with E-state index in [1.165, 1.54) is 0 Å². The minimum atomic E-state index is -4.55. The minimum absolute atomic E-state index is 0.0435. The number of primary amides is 1. The van der Waals surface area contributed by atoms with E-state index in [1.54, 1.807) is 0 Å². The number of urea groups is 1. The molecule has 2 amide bonds. The van der Waals surface area contributed by atoms with Gasteiger partial charge in [0, 0.05) is 5.56 Å². The number of alkyl halides is 3. The zero-order chi connectivity index (χ0) is 13.2. The van der Waals surface area contributed by atoms with Crippen LogP contribution in [0.25, 0.3) is 0 Å². The van der Waals surface area contributed by atoms with Crippen LogP contribution in [-0.2, 0) is 6.18 Å². The Kier molecular flexibility index (Phi) is 3.26. The van der Waals surface area contributed by atoms with Crippen LogP contribution in [0, 0.1) is 5.41 Å². The number of nitrogens with one attached hydrogen (secondary N) is 2. The van der Waals surface area contributed by atoms with Crippen LogP contribution in [0.15, 0.2) is 18.2 Å². The number of carbonyl (C=O) groups is 1. The summed E-state index contributed by atoms with van der Waals surface area (Å²) in [6.45, 7) is 0. The van der Waals surface area contributed by atoms with Gasteiger partial charge in [-0.1, -0.05) is 0 Å². The smallest absolute Gasteiger partial charge is 0.384 e. The van der Waals surface area contributed by atoms with Crippen molar-refractivity contribution in [2.24, 2.45) is 11.5 Å². The molecule has 0 aliphatic heterocycles. The summed E-state index contributed by atoms with van der Waals surface area (Å²) in [7, 11) is 0. The first-order valence-corrected chi connectivity index (χ1v) is 4.34. The molecule has 5 nitrogen and oxygen atoms in total. The largest absolute Gasteiger partial charge is 0.416 e. The second-order valence-electron chi connectivity index (χ2n) is 3.16. The normalized spacial score (nSPS) is 11.0. The van der Waals surface area contributed by atoms with Gasteiger partial charge >= 0.3 is 12.2 Å². The number of nitrogens with two attached hydrogens (primary N) is 2. The highest BCUT2D eigenvalue weighted by Gasteiger charge is 2.31. The van der Waals surface area contributed by atoms with Gasteiger partial charge in [0.15, 0.2) is 0 Å². The molecule has 0 saturated heterocycles. The van der Waals surface area contributed by atoms with Crippen LogP contribution >= 0.6 is 0 Å². The fourth-order valence-corrected chi connectivity index (χ4v) is 1.19. The maximum Gasteiger partial charge on any atom is 0.416 e. The van der Waals surface area contributed by atoms with Crippen molar-refractivity contribution in [2.75, 3.05) is 5.32 Å². The minimum Gasteiger partial charge on any atom is -0.384 e. The number of nitrogen functional groups attached to an aromatic ring is 1. The molecule has 0 bridgehead atoms. The Labute approximate surface area is 94.1 Å². The van der Waals surface area contributed by atoms with Crippen LogP contribution in [0.1, 0.15) is 11.1 Å². The molecule has 1 aromatic rings. The first-order valence-electron chi connectivity index (χ1n) is 4.34. The predicted octanol–water partition coefficient (Wildman–Crippen LogP) is 1.48. The fourth-order valence-electron chi connectivity index (χ4n) is 1.19. The van der Waals surface area contributed by atoms with Crippen molar-refractivity contribution in [1.82, 2.24) is 0 Å². The highest BCUT2D eigenvalue weighted by molar-refractivity contribution is 6.03. The molecule has 0 heterocycles. The lowest BCUT2D eigenvalue weighted by Crippen LogP contribution is -2.23. The van der Waals surface area contributed by atoms with Crippen LogP contribution in [0.2, 0.25) is 0 Å². The van der Waals surface area contributed by atoms with E-state index in [0.717, 1.165) is 12.1 Å². The lowest BCUT2D eigenvalue weighted by molar-refractivity contribution is -0.137. The van der Waals surface area contributed by atoms with Gasteiger partial charge in [-0.3, -0.25) is 5.41 Å². The summed E-state index contributed by atoms with van der Waals surface area (Å²) >= 11 is 0. The Balaban J connectivity index is 3.27. The molecule has 1 aromatic carbocycles. The Bertz CT molecular complexity index is 470. The van der Waals surface area contributed by atoms with Crippen molar-refractivity contribution < 1.29 is 18.0 Å². The lowest BCUT2D eigenvalue weighted by atomic mass is 10.1. The summed E-state index contributed by atoms with van der Waals surface area (Å²) in [5, 5.41) is 9.22. The molecule has 0 unspecified atom stereocenters. The van der Waals surface area contributed by atoms with Crippen LogP contribution < -0.4 is 16.8 Å². The first-order chi connectivity index (χ1) is 7.71. The van der Waals surface area contributed by atoms with E-state index >= 15 is 0 Å². The number of benzene rings is 1. The van der Waals surface area contributed by atoms with Gasteiger partial charge in [0.05, 0.1) is 11.3 Å². The summed E-state index contributed by atoms with van der Waals surface area (Å²) in [4.78, 5) is 10.6. The molecule has 17 heavy (non-hydrogen) atoms. The molecule has 0 fully saturated rings. The van der Waals surface area contributed by atoms with E-state index in [0.29, 0.717) is 6.07 Å². The van der Waals surface area contributed by atoms with Gasteiger partial charge in [0.2, 0.25) is 0 Å². The molecule has 0 saturated carbocycles. The van der Waals surface area contributed by atoms with Gasteiger partial charge in [-0.15, -0.1) is 0 Å². The molecule has 6 N–H and O–H groups in total. The average Bonchev–Trinajstić information content (AvgIpc) is 2.15. The Morgan fingerprint density at radius 3 is 2.29 bits per heavy atom. The predicted molar refractivity (Wildman–Crippen MR) is 55.7 cm³/mol. The molecule has 8 heteroatoms.